The third-order valence-corrected chi connectivity index (χ3v) is 5.18. The smallest absolute Gasteiger partial charge is 0.189 e. The average molecular weight is 300 g/mol. The van der Waals surface area contributed by atoms with E-state index >= 15 is 0 Å². The van der Waals surface area contributed by atoms with Gasteiger partial charge in [-0.15, -0.1) is 0 Å². The molecule has 0 heterocycles. The fourth-order valence-corrected chi connectivity index (χ4v) is 4.00. The lowest BCUT2D eigenvalue weighted by Gasteiger charge is -2.43. The van der Waals surface area contributed by atoms with Crippen LogP contribution in [0.25, 0.3) is 0 Å². The van der Waals surface area contributed by atoms with Gasteiger partial charge in [0.1, 0.15) is 0 Å². The predicted molar refractivity (Wildman–Crippen MR) is 80.8 cm³/mol. The fraction of sp³-hybridized carbons (Fsp3) is 0.500. The summed E-state index contributed by atoms with van der Waals surface area (Å²) in [6.07, 6.45) is 6.79. The summed E-state index contributed by atoms with van der Waals surface area (Å²) in [5.74, 6) is -2.35. The molecule has 0 saturated carbocycles. The van der Waals surface area contributed by atoms with Crippen molar-refractivity contribution >= 4 is 17.3 Å². The van der Waals surface area contributed by atoms with E-state index in [0.29, 0.717) is 5.57 Å². The number of ketones is 3. The zero-order valence-electron chi connectivity index (χ0n) is 13.0. The minimum Gasteiger partial charge on any atom is -0.396 e. The standard InChI is InChI=1S/C18H20O4/c1-9-4-5-10(8-19)13-12(9)17(22)15-14(16(13)21)11(20)6-7-18(15,2)3/h4-7,9-10,12-13,19H,8H2,1-3H3. The second-order valence-corrected chi connectivity index (χ2v) is 7.04. The first-order valence-corrected chi connectivity index (χ1v) is 7.65. The molecular weight excluding hydrogens is 280 g/mol. The van der Waals surface area contributed by atoms with Crippen molar-refractivity contribution in [1.29, 1.82) is 0 Å². The number of hydrogen-bond donors (Lipinski definition) is 1. The molecular formula is C18H20O4. The number of hydrogen-bond acceptors (Lipinski definition) is 4. The van der Waals surface area contributed by atoms with E-state index in [9.17, 15) is 19.5 Å². The Morgan fingerprint density at radius 1 is 1.09 bits per heavy atom. The minimum atomic E-state index is -0.623. The molecule has 116 valence electrons. The summed E-state index contributed by atoms with van der Waals surface area (Å²) in [6.45, 7) is 5.42. The van der Waals surface area contributed by atoms with Gasteiger partial charge in [0.15, 0.2) is 17.3 Å². The van der Waals surface area contributed by atoms with E-state index in [0.717, 1.165) is 0 Å². The van der Waals surface area contributed by atoms with E-state index in [4.69, 9.17) is 0 Å². The Labute approximate surface area is 129 Å². The van der Waals surface area contributed by atoms with Gasteiger partial charge in [0.25, 0.3) is 0 Å². The van der Waals surface area contributed by atoms with Crippen LogP contribution in [0.2, 0.25) is 0 Å². The summed E-state index contributed by atoms with van der Waals surface area (Å²) in [5.41, 5.74) is -0.221. The number of allylic oxidation sites excluding steroid dienone is 5. The van der Waals surface area contributed by atoms with Crippen LogP contribution in [-0.2, 0) is 14.4 Å². The molecule has 4 atom stereocenters. The van der Waals surface area contributed by atoms with Gasteiger partial charge >= 0.3 is 0 Å². The highest BCUT2D eigenvalue weighted by Gasteiger charge is 2.53. The highest BCUT2D eigenvalue weighted by atomic mass is 16.3. The Morgan fingerprint density at radius 2 is 1.77 bits per heavy atom. The zero-order chi connectivity index (χ0) is 16.2. The van der Waals surface area contributed by atoms with E-state index in [1.165, 1.54) is 6.08 Å². The largest absolute Gasteiger partial charge is 0.396 e. The molecule has 0 aromatic rings. The number of Topliss-reactive ketones (excluding diaryl/α,β-unsaturated/α-hetero) is 2. The summed E-state index contributed by atoms with van der Waals surface area (Å²) in [6, 6.07) is 0. The van der Waals surface area contributed by atoms with Crippen molar-refractivity contribution in [3.8, 4) is 0 Å². The number of fused-ring (bicyclic) bond motifs is 1. The first-order chi connectivity index (χ1) is 10.3. The molecule has 22 heavy (non-hydrogen) atoms. The maximum Gasteiger partial charge on any atom is 0.189 e. The van der Waals surface area contributed by atoms with Gasteiger partial charge in [-0.1, -0.05) is 39.0 Å². The van der Waals surface area contributed by atoms with Crippen molar-refractivity contribution in [2.24, 2.45) is 29.1 Å². The summed E-state index contributed by atoms with van der Waals surface area (Å²) < 4.78 is 0. The minimum absolute atomic E-state index is 0.0414. The molecule has 3 rings (SSSR count). The van der Waals surface area contributed by atoms with Crippen LogP contribution in [-0.4, -0.2) is 29.1 Å². The van der Waals surface area contributed by atoms with Crippen molar-refractivity contribution in [1.82, 2.24) is 0 Å². The lowest BCUT2D eigenvalue weighted by molar-refractivity contribution is -0.136. The van der Waals surface area contributed by atoms with Crippen molar-refractivity contribution in [2.45, 2.75) is 20.8 Å². The van der Waals surface area contributed by atoms with Gasteiger partial charge in [0, 0.05) is 28.7 Å². The van der Waals surface area contributed by atoms with Gasteiger partial charge in [-0.05, 0) is 12.0 Å². The molecule has 4 unspecified atom stereocenters. The van der Waals surface area contributed by atoms with Crippen molar-refractivity contribution in [3.63, 3.8) is 0 Å². The maximum atomic E-state index is 13.1. The van der Waals surface area contributed by atoms with E-state index in [2.05, 4.69) is 0 Å². The van der Waals surface area contributed by atoms with E-state index in [1.54, 1.807) is 12.2 Å². The van der Waals surface area contributed by atoms with Crippen LogP contribution in [0.15, 0.2) is 35.5 Å². The maximum absolute atomic E-state index is 13.1. The molecule has 0 bridgehead atoms. The van der Waals surface area contributed by atoms with Crippen molar-refractivity contribution in [3.05, 3.63) is 35.5 Å². The Hall–Kier alpha value is -1.81. The summed E-state index contributed by atoms with van der Waals surface area (Å²) in [7, 11) is 0. The highest BCUT2D eigenvalue weighted by molar-refractivity contribution is 6.32. The molecule has 0 fully saturated rings. The fourth-order valence-electron chi connectivity index (χ4n) is 4.00. The lowest BCUT2D eigenvalue weighted by atomic mass is 9.57. The van der Waals surface area contributed by atoms with Gasteiger partial charge in [0.05, 0.1) is 12.2 Å². The Kier molecular flexibility index (Phi) is 3.33. The van der Waals surface area contributed by atoms with Gasteiger partial charge in [-0.25, -0.2) is 0 Å². The molecule has 0 saturated heterocycles. The molecule has 3 aliphatic rings. The molecule has 0 aromatic heterocycles. The molecule has 0 aromatic carbocycles. The van der Waals surface area contributed by atoms with Crippen molar-refractivity contribution < 1.29 is 19.5 Å². The summed E-state index contributed by atoms with van der Waals surface area (Å²) >= 11 is 0. The van der Waals surface area contributed by atoms with Crippen LogP contribution in [0.4, 0.5) is 0 Å². The second-order valence-electron chi connectivity index (χ2n) is 7.04. The SMILES string of the molecule is CC1C=CC(CO)C2C(=O)C3=C(C(=O)C12)C(C)(C)C=CC3=O. The average Bonchev–Trinajstić information content (AvgIpc) is 2.46. The number of rotatable bonds is 1. The predicted octanol–water partition coefficient (Wildman–Crippen LogP) is 1.65. The van der Waals surface area contributed by atoms with Crippen LogP contribution in [0, 0.1) is 29.1 Å². The third kappa shape index (κ3) is 1.90. The second kappa shape index (κ2) is 4.85. The lowest BCUT2D eigenvalue weighted by Crippen LogP contribution is -2.50. The Morgan fingerprint density at radius 3 is 2.41 bits per heavy atom. The first kappa shape index (κ1) is 15.1. The number of aliphatic hydroxyl groups is 1. The Bertz CT molecular complexity index is 663. The van der Waals surface area contributed by atoms with Gasteiger partial charge in [0.2, 0.25) is 0 Å². The molecule has 1 N–H and O–H groups in total. The van der Waals surface area contributed by atoms with Crippen LogP contribution in [0.5, 0.6) is 0 Å². The van der Waals surface area contributed by atoms with Gasteiger partial charge in [-0.3, -0.25) is 14.4 Å². The van der Waals surface area contributed by atoms with Crippen molar-refractivity contribution in [2.75, 3.05) is 6.61 Å². The van der Waals surface area contributed by atoms with Crippen LogP contribution >= 0.6 is 0 Å². The van der Waals surface area contributed by atoms with Crippen LogP contribution in [0.3, 0.4) is 0 Å². The van der Waals surface area contributed by atoms with E-state index in [1.807, 2.05) is 26.8 Å². The number of aliphatic hydroxyl groups excluding tert-OH is 1. The molecule has 0 amide bonds. The molecule has 0 spiro atoms. The molecule has 4 nitrogen and oxygen atoms in total. The van der Waals surface area contributed by atoms with Crippen LogP contribution in [0.1, 0.15) is 20.8 Å². The van der Waals surface area contributed by atoms with E-state index < -0.39 is 23.2 Å². The summed E-state index contributed by atoms with van der Waals surface area (Å²) in [4.78, 5) is 38.2. The summed E-state index contributed by atoms with van der Waals surface area (Å²) in [5, 5.41) is 9.56. The zero-order valence-corrected chi connectivity index (χ0v) is 13.0. The first-order valence-electron chi connectivity index (χ1n) is 7.65. The molecule has 3 aliphatic carbocycles. The van der Waals surface area contributed by atoms with Gasteiger partial charge < -0.3 is 5.11 Å². The van der Waals surface area contributed by atoms with E-state index in [-0.39, 0.29) is 35.4 Å². The topological polar surface area (TPSA) is 71.4 Å². The highest BCUT2D eigenvalue weighted by Crippen LogP contribution is 2.48. The third-order valence-electron chi connectivity index (χ3n) is 5.18. The molecule has 0 radical (unpaired) electrons. The van der Waals surface area contributed by atoms with Gasteiger partial charge in [-0.2, -0.15) is 0 Å². The molecule has 4 heteroatoms. The quantitative estimate of drug-likeness (QED) is 0.590. The van der Waals surface area contributed by atoms with Crippen LogP contribution < -0.4 is 0 Å². The normalized spacial score (nSPS) is 36.5. The molecule has 0 aliphatic heterocycles. The monoisotopic (exact) mass is 300 g/mol. The number of carbonyl (C=O) groups is 3. The Balaban J connectivity index is 2.21. The number of carbonyl (C=O) groups excluding carboxylic acids is 3.